The molecule has 0 saturated heterocycles. The van der Waals surface area contributed by atoms with Gasteiger partial charge in [0.2, 0.25) is 5.91 Å². The van der Waals surface area contributed by atoms with Gasteiger partial charge in [-0.2, -0.15) is 5.26 Å². The van der Waals surface area contributed by atoms with Crippen LogP contribution in [0.25, 0.3) is 11.4 Å². The Kier molecular flexibility index (Phi) is 6.38. The molecule has 174 valence electrons. The average Bonchev–Trinajstić information content (AvgIpc) is 3.53. The molecule has 13 heteroatoms. The molecule has 0 radical (unpaired) electrons. The van der Waals surface area contributed by atoms with Crippen molar-refractivity contribution in [2.45, 2.75) is 19.4 Å². The summed E-state index contributed by atoms with van der Waals surface area (Å²) in [7, 11) is 1.57. The standard InChI is InChI=1S/C21H18ClFN8O3/c1-10(14-6-12(23)8-26-18(14)22)34-21(33)28-19-17(29-30-31(19)2)16-4-3-13(9-25-16)27-20(32)15-5-11(15)7-24/h3-4,6,8-11,15H,5H2,1-2H3,(H,27,32)(H,28,33)/t10-,11+,15-/m1/s1. The highest BCUT2D eigenvalue weighted by Crippen LogP contribution is 2.38. The number of anilines is 2. The van der Waals surface area contributed by atoms with Crippen LogP contribution in [0.2, 0.25) is 5.15 Å². The van der Waals surface area contributed by atoms with Crippen LogP contribution in [0.3, 0.4) is 0 Å². The van der Waals surface area contributed by atoms with Gasteiger partial charge in [0.1, 0.15) is 17.1 Å². The maximum Gasteiger partial charge on any atom is 0.413 e. The highest BCUT2D eigenvalue weighted by Gasteiger charge is 2.43. The van der Waals surface area contributed by atoms with E-state index in [2.05, 4.69) is 37.0 Å². The summed E-state index contributed by atoms with van der Waals surface area (Å²) in [6, 6.07) is 6.44. The monoisotopic (exact) mass is 484 g/mol. The molecule has 0 aromatic carbocycles. The molecule has 3 atom stereocenters. The second kappa shape index (κ2) is 9.40. The van der Waals surface area contributed by atoms with Gasteiger partial charge < -0.3 is 10.1 Å². The number of nitriles is 1. The Bertz CT molecular complexity index is 1290. The lowest BCUT2D eigenvalue weighted by Gasteiger charge is -2.15. The molecule has 1 aliphatic rings. The van der Waals surface area contributed by atoms with Crippen molar-refractivity contribution in [3.8, 4) is 17.5 Å². The zero-order valence-electron chi connectivity index (χ0n) is 18.0. The third kappa shape index (κ3) is 4.94. The molecule has 11 nitrogen and oxygen atoms in total. The molecular weight excluding hydrogens is 467 g/mol. The van der Waals surface area contributed by atoms with Gasteiger partial charge in [-0.3, -0.25) is 15.1 Å². The Morgan fingerprint density at radius 1 is 1.32 bits per heavy atom. The van der Waals surface area contributed by atoms with Crippen molar-refractivity contribution in [1.29, 1.82) is 5.26 Å². The molecule has 3 heterocycles. The largest absolute Gasteiger partial charge is 0.441 e. The first-order valence-corrected chi connectivity index (χ1v) is 10.5. The number of aromatic nitrogens is 5. The number of amides is 2. The molecule has 2 N–H and O–H groups in total. The normalized spacial score (nSPS) is 17.4. The van der Waals surface area contributed by atoms with Crippen LogP contribution in [0, 0.1) is 29.0 Å². The minimum Gasteiger partial charge on any atom is -0.441 e. The lowest BCUT2D eigenvalue weighted by molar-refractivity contribution is -0.117. The summed E-state index contributed by atoms with van der Waals surface area (Å²) in [6.45, 7) is 1.53. The van der Waals surface area contributed by atoms with Crippen LogP contribution in [0.4, 0.5) is 20.7 Å². The number of carbonyl (C=O) groups is 2. The maximum absolute atomic E-state index is 13.5. The van der Waals surface area contributed by atoms with Crippen LogP contribution in [-0.4, -0.2) is 37.0 Å². The van der Waals surface area contributed by atoms with E-state index >= 15 is 0 Å². The van der Waals surface area contributed by atoms with Crippen molar-refractivity contribution in [1.82, 2.24) is 25.0 Å². The maximum atomic E-state index is 13.5. The second-order valence-corrected chi connectivity index (χ2v) is 7.97. The highest BCUT2D eigenvalue weighted by molar-refractivity contribution is 6.30. The summed E-state index contributed by atoms with van der Waals surface area (Å²) in [5, 5.41) is 22.1. The number of rotatable bonds is 6. The lowest BCUT2D eigenvalue weighted by Crippen LogP contribution is -2.19. The summed E-state index contributed by atoms with van der Waals surface area (Å²) in [5.74, 6) is -1.17. The number of nitrogens with zero attached hydrogens (tertiary/aromatic N) is 6. The highest BCUT2D eigenvalue weighted by atomic mass is 35.5. The van der Waals surface area contributed by atoms with Crippen molar-refractivity contribution in [2.24, 2.45) is 18.9 Å². The van der Waals surface area contributed by atoms with Crippen molar-refractivity contribution in [3.05, 3.63) is 47.1 Å². The van der Waals surface area contributed by atoms with E-state index in [1.54, 1.807) is 19.2 Å². The average molecular weight is 485 g/mol. The fourth-order valence-corrected chi connectivity index (χ4v) is 3.47. The number of carbonyl (C=O) groups excluding carboxylic acids is 2. The van der Waals surface area contributed by atoms with Crippen molar-refractivity contribution in [2.75, 3.05) is 10.6 Å². The van der Waals surface area contributed by atoms with Crippen LogP contribution in [0.1, 0.15) is 25.0 Å². The van der Waals surface area contributed by atoms with E-state index in [0.29, 0.717) is 17.8 Å². The first kappa shape index (κ1) is 23.1. The van der Waals surface area contributed by atoms with Crippen LogP contribution in [0.5, 0.6) is 0 Å². The molecule has 3 aromatic rings. The molecule has 0 bridgehead atoms. The van der Waals surface area contributed by atoms with Crippen LogP contribution >= 0.6 is 11.6 Å². The van der Waals surface area contributed by atoms with E-state index in [0.717, 1.165) is 12.3 Å². The van der Waals surface area contributed by atoms with E-state index in [4.69, 9.17) is 21.6 Å². The Balaban J connectivity index is 1.44. The molecule has 0 aliphatic heterocycles. The molecule has 34 heavy (non-hydrogen) atoms. The minimum atomic E-state index is -0.881. The number of hydrogen-bond donors (Lipinski definition) is 2. The van der Waals surface area contributed by atoms with Crippen molar-refractivity contribution in [3.63, 3.8) is 0 Å². The minimum absolute atomic E-state index is 0.0193. The van der Waals surface area contributed by atoms with E-state index in [9.17, 15) is 14.0 Å². The zero-order valence-corrected chi connectivity index (χ0v) is 18.7. The predicted octanol–water partition coefficient (Wildman–Crippen LogP) is 3.47. The number of halogens is 2. The van der Waals surface area contributed by atoms with E-state index in [1.807, 2.05) is 0 Å². The number of nitrogens with one attached hydrogen (secondary N) is 2. The summed E-state index contributed by atoms with van der Waals surface area (Å²) >= 11 is 5.96. The summed E-state index contributed by atoms with van der Waals surface area (Å²) in [4.78, 5) is 32.5. The SMILES string of the molecule is C[C@@H](OC(=O)Nc1c(-c2ccc(NC(=O)[C@@H]3C[C@H]3C#N)cn2)nnn1C)c1cc(F)cnc1Cl. The Morgan fingerprint density at radius 3 is 2.79 bits per heavy atom. The van der Waals surface area contributed by atoms with E-state index in [1.165, 1.54) is 17.8 Å². The van der Waals surface area contributed by atoms with Gasteiger partial charge in [-0.1, -0.05) is 16.8 Å². The smallest absolute Gasteiger partial charge is 0.413 e. The molecule has 2 amide bonds. The molecule has 3 aromatic heterocycles. The van der Waals surface area contributed by atoms with Gasteiger partial charge in [0.15, 0.2) is 11.5 Å². The fraction of sp³-hybridized carbons (Fsp3) is 0.286. The topological polar surface area (TPSA) is 148 Å². The van der Waals surface area contributed by atoms with Gasteiger partial charge >= 0.3 is 6.09 Å². The van der Waals surface area contributed by atoms with E-state index in [-0.39, 0.29) is 40.0 Å². The Morgan fingerprint density at radius 2 is 2.12 bits per heavy atom. The van der Waals surface area contributed by atoms with Gasteiger partial charge in [-0.15, -0.1) is 5.10 Å². The predicted molar refractivity (Wildman–Crippen MR) is 118 cm³/mol. The third-order valence-electron chi connectivity index (χ3n) is 5.17. The Labute approximate surface area is 197 Å². The van der Waals surface area contributed by atoms with Crippen LogP contribution in [0.15, 0.2) is 30.6 Å². The van der Waals surface area contributed by atoms with Gasteiger partial charge in [0, 0.05) is 12.6 Å². The lowest BCUT2D eigenvalue weighted by atomic mass is 10.2. The van der Waals surface area contributed by atoms with Gasteiger partial charge in [0.05, 0.1) is 41.7 Å². The second-order valence-electron chi connectivity index (χ2n) is 7.62. The third-order valence-corrected chi connectivity index (χ3v) is 5.48. The molecule has 1 fully saturated rings. The molecule has 1 saturated carbocycles. The van der Waals surface area contributed by atoms with Crippen LogP contribution in [-0.2, 0) is 16.6 Å². The van der Waals surface area contributed by atoms with E-state index < -0.39 is 18.0 Å². The summed E-state index contributed by atoms with van der Waals surface area (Å²) < 4.78 is 20.1. The molecule has 1 aliphatic carbocycles. The molecule has 4 rings (SSSR count). The summed E-state index contributed by atoms with van der Waals surface area (Å²) in [6.07, 6.45) is 1.23. The first-order valence-electron chi connectivity index (χ1n) is 10.1. The number of ether oxygens (including phenoxy) is 1. The summed E-state index contributed by atoms with van der Waals surface area (Å²) in [5.41, 5.74) is 1.33. The Hall–Kier alpha value is -4.11. The molecular formula is C21H18ClFN8O3. The van der Waals surface area contributed by atoms with Crippen molar-refractivity contribution < 1.29 is 18.7 Å². The fourth-order valence-electron chi connectivity index (χ4n) is 3.21. The number of hydrogen-bond acceptors (Lipinski definition) is 8. The van der Waals surface area contributed by atoms with Gasteiger partial charge in [-0.05, 0) is 31.5 Å². The van der Waals surface area contributed by atoms with Gasteiger partial charge in [0.25, 0.3) is 0 Å². The van der Waals surface area contributed by atoms with Crippen molar-refractivity contribution >= 4 is 35.1 Å². The zero-order chi connectivity index (χ0) is 24.4. The first-order chi connectivity index (χ1) is 16.3. The number of aryl methyl sites for hydroxylation is 1. The molecule has 0 spiro atoms. The van der Waals surface area contributed by atoms with Gasteiger partial charge in [-0.25, -0.2) is 18.9 Å². The number of pyridine rings is 2. The van der Waals surface area contributed by atoms with Crippen LogP contribution < -0.4 is 10.6 Å². The quantitative estimate of drug-likeness (QED) is 0.505. The molecule has 0 unspecified atom stereocenters.